The van der Waals surface area contributed by atoms with Crippen molar-refractivity contribution in [1.29, 1.82) is 0 Å². The summed E-state index contributed by atoms with van der Waals surface area (Å²) in [6, 6.07) is -0.379. The standard InChI is InChI=1S/C7H9NO4/c1-11-7-4-5(8-6(4)10)3(9)2-12-7/h4-5,7H,2H2,1H3,(H,8,10)/t4-,5+,7+/m0/s1. The Hall–Kier alpha value is -0.940. The third kappa shape index (κ3) is 0.867. The molecule has 0 saturated carbocycles. The van der Waals surface area contributed by atoms with Crippen molar-refractivity contribution in [3.63, 3.8) is 0 Å². The second-order valence-corrected chi connectivity index (χ2v) is 2.89. The summed E-state index contributed by atoms with van der Waals surface area (Å²) in [5.74, 6) is -0.677. The smallest absolute Gasteiger partial charge is 0.231 e. The Morgan fingerprint density at radius 2 is 2.33 bits per heavy atom. The molecular formula is C7H9NO4. The second kappa shape index (κ2) is 2.53. The number of Topliss-reactive ketones (excluding diaryl/α,β-unsaturated/α-hetero) is 1. The van der Waals surface area contributed by atoms with Crippen LogP contribution in [0.25, 0.3) is 0 Å². The number of hydrogen-bond acceptors (Lipinski definition) is 4. The number of amides is 1. The summed E-state index contributed by atoms with van der Waals surface area (Å²) in [5, 5.41) is 2.51. The number of methoxy groups -OCH3 is 1. The van der Waals surface area contributed by atoms with Crippen LogP contribution in [0.4, 0.5) is 0 Å². The Balaban J connectivity index is 2.14. The molecule has 0 spiro atoms. The molecular weight excluding hydrogens is 162 g/mol. The molecule has 66 valence electrons. The lowest BCUT2D eigenvalue weighted by Gasteiger charge is -2.42. The minimum Gasteiger partial charge on any atom is -0.355 e. The Kier molecular flexibility index (Phi) is 1.62. The third-order valence-electron chi connectivity index (χ3n) is 2.22. The van der Waals surface area contributed by atoms with Crippen LogP contribution in [0.5, 0.6) is 0 Å². The number of ketones is 1. The van der Waals surface area contributed by atoms with E-state index >= 15 is 0 Å². The van der Waals surface area contributed by atoms with Gasteiger partial charge in [-0.15, -0.1) is 0 Å². The summed E-state index contributed by atoms with van der Waals surface area (Å²) in [7, 11) is 1.46. The molecule has 2 heterocycles. The van der Waals surface area contributed by atoms with Gasteiger partial charge in [-0.05, 0) is 0 Å². The summed E-state index contributed by atoms with van der Waals surface area (Å²) >= 11 is 0. The predicted molar refractivity (Wildman–Crippen MR) is 37.2 cm³/mol. The molecule has 5 heteroatoms. The molecule has 1 amide bonds. The molecule has 0 aliphatic carbocycles. The van der Waals surface area contributed by atoms with Gasteiger partial charge in [-0.2, -0.15) is 0 Å². The molecule has 0 aromatic rings. The highest BCUT2D eigenvalue weighted by Gasteiger charge is 2.52. The first-order valence-electron chi connectivity index (χ1n) is 3.71. The van der Waals surface area contributed by atoms with Crippen LogP contribution in [0.15, 0.2) is 0 Å². The van der Waals surface area contributed by atoms with Crippen molar-refractivity contribution >= 4 is 11.7 Å². The van der Waals surface area contributed by atoms with Crippen molar-refractivity contribution in [3.05, 3.63) is 0 Å². The van der Waals surface area contributed by atoms with Gasteiger partial charge in [0.2, 0.25) is 5.91 Å². The third-order valence-corrected chi connectivity index (χ3v) is 2.22. The van der Waals surface area contributed by atoms with Gasteiger partial charge in [0.05, 0.1) is 0 Å². The van der Waals surface area contributed by atoms with Gasteiger partial charge in [-0.25, -0.2) is 0 Å². The van der Waals surface area contributed by atoms with E-state index in [2.05, 4.69) is 5.32 Å². The average Bonchev–Trinajstić information content (AvgIpc) is 2.06. The van der Waals surface area contributed by atoms with E-state index in [1.807, 2.05) is 0 Å². The number of β-lactam (4-membered cyclic amide) rings is 1. The molecule has 2 aliphatic rings. The van der Waals surface area contributed by atoms with Gasteiger partial charge in [0.15, 0.2) is 12.1 Å². The molecule has 1 N–H and O–H groups in total. The normalized spacial score (nSPS) is 39.9. The molecule has 2 rings (SSSR count). The van der Waals surface area contributed by atoms with E-state index in [0.717, 1.165) is 0 Å². The summed E-state index contributed by atoms with van der Waals surface area (Å²) in [5.41, 5.74) is 0. The number of fused-ring (bicyclic) bond motifs is 1. The van der Waals surface area contributed by atoms with Crippen molar-refractivity contribution in [1.82, 2.24) is 5.32 Å². The van der Waals surface area contributed by atoms with Crippen LogP contribution in [0, 0.1) is 5.92 Å². The zero-order valence-electron chi connectivity index (χ0n) is 6.57. The Bertz CT molecular complexity index is 240. The second-order valence-electron chi connectivity index (χ2n) is 2.89. The van der Waals surface area contributed by atoms with Gasteiger partial charge < -0.3 is 14.8 Å². The van der Waals surface area contributed by atoms with Crippen molar-refractivity contribution in [2.75, 3.05) is 13.7 Å². The van der Waals surface area contributed by atoms with Crippen LogP contribution in [0.1, 0.15) is 0 Å². The first kappa shape index (κ1) is 7.70. The molecule has 0 aromatic carbocycles. The minimum absolute atomic E-state index is 0.0277. The van der Waals surface area contributed by atoms with Gasteiger partial charge in [-0.1, -0.05) is 0 Å². The molecule has 3 atom stereocenters. The van der Waals surface area contributed by atoms with Crippen LogP contribution in [0.2, 0.25) is 0 Å². The molecule has 2 saturated heterocycles. The van der Waals surface area contributed by atoms with E-state index in [-0.39, 0.29) is 24.3 Å². The number of nitrogens with one attached hydrogen (secondary N) is 1. The molecule has 12 heavy (non-hydrogen) atoms. The quantitative estimate of drug-likeness (QED) is 0.496. The molecule has 2 aliphatic heterocycles. The summed E-state index contributed by atoms with van der Waals surface area (Å²) in [6.45, 7) is 0.0277. The van der Waals surface area contributed by atoms with E-state index in [9.17, 15) is 9.59 Å². The Morgan fingerprint density at radius 1 is 1.58 bits per heavy atom. The lowest BCUT2D eigenvalue weighted by molar-refractivity contribution is -0.206. The fraction of sp³-hybridized carbons (Fsp3) is 0.714. The molecule has 0 radical (unpaired) electrons. The van der Waals surface area contributed by atoms with Crippen molar-refractivity contribution in [2.45, 2.75) is 12.3 Å². The fourth-order valence-electron chi connectivity index (χ4n) is 1.53. The van der Waals surface area contributed by atoms with Gasteiger partial charge in [0, 0.05) is 7.11 Å². The topological polar surface area (TPSA) is 64.6 Å². The Labute approximate surface area is 69.0 Å². The van der Waals surface area contributed by atoms with E-state index in [1.54, 1.807) is 0 Å². The van der Waals surface area contributed by atoms with E-state index in [1.165, 1.54) is 7.11 Å². The zero-order valence-corrected chi connectivity index (χ0v) is 6.57. The number of carbonyl (C=O) groups is 2. The van der Waals surface area contributed by atoms with Crippen molar-refractivity contribution in [2.24, 2.45) is 5.92 Å². The summed E-state index contributed by atoms with van der Waals surface area (Å²) in [6.07, 6.45) is -0.554. The lowest BCUT2D eigenvalue weighted by atomic mass is 9.85. The summed E-state index contributed by atoms with van der Waals surface area (Å²) < 4.78 is 9.92. The molecule has 0 bridgehead atoms. The zero-order chi connectivity index (χ0) is 8.72. The molecule has 0 unspecified atom stereocenters. The highest BCUT2D eigenvalue weighted by atomic mass is 16.7. The average molecular weight is 171 g/mol. The largest absolute Gasteiger partial charge is 0.355 e. The number of hydrogen-bond donors (Lipinski definition) is 1. The highest BCUT2D eigenvalue weighted by Crippen LogP contribution is 2.26. The maximum atomic E-state index is 11.1. The van der Waals surface area contributed by atoms with E-state index in [4.69, 9.17) is 9.47 Å². The minimum atomic E-state index is -0.554. The Morgan fingerprint density at radius 3 is 2.92 bits per heavy atom. The fourth-order valence-corrected chi connectivity index (χ4v) is 1.53. The van der Waals surface area contributed by atoms with Gasteiger partial charge in [-0.3, -0.25) is 9.59 Å². The number of rotatable bonds is 1. The monoisotopic (exact) mass is 171 g/mol. The molecule has 0 aromatic heterocycles. The van der Waals surface area contributed by atoms with Crippen LogP contribution in [0.3, 0.4) is 0 Å². The van der Waals surface area contributed by atoms with Gasteiger partial charge in [0.1, 0.15) is 18.6 Å². The number of carbonyl (C=O) groups excluding carboxylic acids is 2. The highest BCUT2D eigenvalue weighted by molar-refractivity contribution is 6.01. The SMILES string of the molecule is CO[C@@H]1OCC(=O)[C@H]2NC(=O)[C@@H]12. The first-order valence-corrected chi connectivity index (χ1v) is 3.71. The van der Waals surface area contributed by atoms with Crippen LogP contribution in [-0.4, -0.2) is 37.7 Å². The van der Waals surface area contributed by atoms with Crippen molar-refractivity contribution < 1.29 is 19.1 Å². The van der Waals surface area contributed by atoms with Crippen LogP contribution >= 0.6 is 0 Å². The van der Waals surface area contributed by atoms with E-state index < -0.39 is 12.2 Å². The summed E-state index contributed by atoms with van der Waals surface area (Å²) in [4.78, 5) is 22.0. The maximum Gasteiger partial charge on any atom is 0.231 e. The van der Waals surface area contributed by atoms with Crippen LogP contribution in [-0.2, 0) is 19.1 Å². The molecule has 5 nitrogen and oxygen atoms in total. The van der Waals surface area contributed by atoms with Gasteiger partial charge >= 0.3 is 0 Å². The van der Waals surface area contributed by atoms with Gasteiger partial charge in [0.25, 0.3) is 0 Å². The first-order chi connectivity index (χ1) is 5.74. The van der Waals surface area contributed by atoms with Crippen molar-refractivity contribution in [3.8, 4) is 0 Å². The lowest BCUT2D eigenvalue weighted by Crippen LogP contribution is -2.69. The van der Waals surface area contributed by atoms with Crippen LogP contribution < -0.4 is 5.32 Å². The molecule has 2 fully saturated rings. The maximum absolute atomic E-state index is 11.1. The predicted octanol–water partition coefficient (Wildman–Crippen LogP) is -1.33. The number of ether oxygens (including phenoxy) is 2. The van der Waals surface area contributed by atoms with E-state index in [0.29, 0.717) is 0 Å².